The minimum atomic E-state index is -0.365. The molecule has 5 heteroatoms. The smallest absolute Gasteiger partial charge is 0.338 e. The number of aryl methyl sites for hydroxylation is 1. The largest absolute Gasteiger partial charge is 0.465 e. The third-order valence-electron chi connectivity index (χ3n) is 1.93. The standard InChI is InChI=1S/C10H12N2O3/c1-7-5-8(6-11-12-14)3-4-9(7)10(13)15-2/h3-6,12,14H,1-2H3. The van der Waals surface area contributed by atoms with Gasteiger partial charge in [0.05, 0.1) is 18.9 Å². The van der Waals surface area contributed by atoms with Crippen molar-refractivity contribution < 1.29 is 14.7 Å². The van der Waals surface area contributed by atoms with Gasteiger partial charge in [-0.2, -0.15) is 10.7 Å². The Bertz CT molecular complexity index is 388. The first-order valence-electron chi connectivity index (χ1n) is 4.30. The second-order valence-electron chi connectivity index (χ2n) is 2.92. The number of ether oxygens (including phenoxy) is 1. The summed E-state index contributed by atoms with van der Waals surface area (Å²) in [5.41, 5.74) is 3.76. The van der Waals surface area contributed by atoms with E-state index in [2.05, 4.69) is 9.84 Å². The van der Waals surface area contributed by atoms with Crippen molar-refractivity contribution in [3.8, 4) is 0 Å². The molecule has 0 bridgehead atoms. The van der Waals surface area contributed by atoms with E-state index in [-0.39, 0.29) is 5.97 Å². The number of hydrogen-bond donors (Lipinski definition) is 2. The first kappa shape index (κ1) is 11.2. The summed E-state index contributed by atoms with van der Waals surface area (Å²) in [7, 11) is 1.34. The van der Waals surface area contributed by atoms with Crippen LogP contribution in [0.15, 0.2) is 23.3 Å². The lowest BCUT2D eigenvalue weighted by Crippen LogP contribution is -2.04. The predicted octanol–water partition coefficient (Wildman–Crippen LogP) is 1.09. The summed E-state index contributed by atoms with van der Waals surface area (Å²) >= 11 is 0. The lowest BCUT2D eigenvalue weighted by atomic mass is 10.1. The fourth-order valence-electron chi connectivity index (χ4n) is 1.21. The molecule has 0 fully saturated rings. The van der Waals surface area contributed by atoms with Gasteiger partial charge in [0.15, 0.2) is 0 Å². The maximum absolute atomic E-state index is 11.3. The number of carbonyl (C=O) groups excluding carboxylic acids is 1. The van der Waals surface area contributed by atoms with Crippen LogP contribution in [-0.2, 0) is 4.74 Å². The average Bonchev–Trinajstić information content (AvgIpc) is 2.25. The molecule has 0 aliphatic carbocycles. The van der Waals surface area contributed by atoms with Crippen molar-refractivity contribution >= 4 is 12.2 Å². The summed E-state index contributed by atoms with van der Waals surface area (Å²) in [4.78, 5) is 11.3. The third-order valence-corrected chi connectivity index (χ3v) is 1.93. The zero-order chi connectivity index (χ0) is 11.3. The highest BCUT2D eigenvalue weighted by molar-refractivity contribution is 5.92. The first-order chi connectivity index (χ1) is 7.19. The molecule has 0 spiro atoms. The molecule has 0 aromatic heterocycles. The molecule has 0 saturated carbocycles. The van der Waals surface area contributed by atoms with Crippen molar-refractivity contribution in [2.24, 2.45) is 5.10 Å². The Morgan fingerprint density at radius 2 is 2.33 bits per heavy atom. The molecule has 0 aliphatic heterocycles. The number of hydrazone groups is 1. The Balaban J connectivity index is 2.98. The molecule has 0 unspecified atom stereocenters. The monoisotopic (exact) mass is 208 g/mol. The van der Waals surface area contributed by atoms with E-state index in [1.54, 1.807) is 30.7 Å². The molecular formula is C10H12N2O3. The molecular weight excluding hydrogens is 196 g/mol. The van der Waals surface area contributed by atoms with Crippen LogP contribution in [0.3, 0.4) is 0 Å². The minimum Gasteiger partial charge on any atom is -0.465 e. The Kier molecular flexibility index (Phi) is 3.82. The van der Waals surface area contributed by atoms with Crippen LogP contribution in [0.5, 0.6) is 0 Å². The number of methoxy groups -OCH3 is 1. The minimum absolute atomic E-state index is 0.365. The topological polar surface area (TPSA) is 70.9 Å². The van der Waals surface area contributed by atoms with Crippen LogP contribution in [0.25, 0.3) is 0 Å². The molecule has 0 atom stereocenters. The SMILES string of the molecule is COC(=O)c1ccc(C=NNO)cc1C. The fraction of sp³-hybridized carbons (Fsp3) is 0.200. The normalized spacial score (nSPS) is 10.3. The number of rotatable bonds is 3. The van der Waals surface area contributed by atoms with Crippen molar-refractivity contribution in [2.75, 3.05) is 7.11 Å². The highest BCUT2D eigenvalue weighted by Crippen LogP contribution is 2.10. The fourth-order valence-corrected chi connectivity index (χ4v) is 1.21. The van der Waals surface area contributed by atoms with Gasteiger partial charge in [0.2, 0.25) is 0 Å². The van der Waals surface area contributed by atoms with E-state index in [0.717, 1.165) is 11.1 Å². The Labute approximate surface area is 87.3 Å². The predicted molar refractivity (Wildman–Crippen MR) is 55.0 cm³/mol. The molecule has 1 aromatic rings. The van der Waals surface area contributed by atoms with Gasteiger partial charge < -0.3 is 4.74 Å². The van der Waals surface area contributed by atoms with Gasteiger partial charge in [-0.05, 0) is 30.2 Å². The first-order valence-corrected chi connectivity index (χ1v) is 4.30. The number of hydrogen-bond acceptors (Lipinski definition) is 5. The quantitative estimate of drug-likeness (QED) is 0.443. The molecule has 0 heterocycles. The second-order valence-corrected chi connectivity index (χ2v) is 2.92. The zero-order valence-electron chi connectivity index (χ0n) is 8.52. The molecule has 1 aromatic carbocycles. The van der Waals surface area contributed by atoms with Crippen LogP contribution in [0.4, 0.5) is 0 Å². The summed E-state index contributed by atoms with van der Waals surface area (Å²) < 4.78 is 4.61. The van der Waals surface area contributed by atoms with Gasteiger partial charge >= 0.3 is 5.97 Å². The third kappa shape index (κ3) is 2.78. The van der Waals surface area contributed by atoms with Crippen LogP contribution in [0, 0.1) is 6.92 Å². The lowest BCUT2D eigenvalue weighted by Gasteiger charge is -2.03. The van der Waals surface area contributed by atoms with Crippen molar-refractivity contribution in [1.82, 2.24) is 5.59 Å². The second kappa shape index (κ2) is 5.11. The molecule has 15 heavy (non-hydrogen) atoms. The molecule has 5 nitrogen and oxygen atoms in total. The van der Waals surface area contributed by atoms with E-state index in [1.807, 2.05) is 0 Å². The van der Waals surface area contributed by atoms with Gasteiger partial charge in [0.1, 0.15) is 0 Å². The average molecular weight is 208 g/mol. The molecule has 2 N–H and O–H groups in total. The molecule has 1 rings (SSSR count). The highest BCUT2D eigenvalue weighted by Gasteiger charge is 2.08. The van der Waals surface area contributed by atoms with Crippen LogP contribution >= 0.6 is 0 Å². The molecule has 0 amide bonds. The summed E-state index contributed by atoms with van der Waals surface area (Å²) in [5.74, 6) is -0.365. The van der Waals surface area contributed by atoms with Crippen LogP contribution in [-0.4, -0.2) is 24.5 Å². The van der Waals surface area contributed by atoms with E-state index in [4.69, 9.17) is 5.21 Å². The van der Waals surface area contributed by atoms with E-state index < -0.39 is 0 Å². The maximum Gasteiger partial charge on any atom is 0.338 e. The Morgan fingerprint density at radius 3 is 2.87 bits per heavy atom. The lowest BCUT2D eigenvalue weighted by molar-refractivity contribution is 0.0600. The molecule has 0 radical (unpaired) electrons. The van der Waals surface area contributed by atoms with Crippen LogP contribution in [0.2, 0.25) is 0 Å². The van der Waals surface area contributed by atoms with Gasteiger partial charge in [-0.15, -0.1) is 0 Å². The molecule has 0 saturated heterocycles. The summed E-state index contributed by atoms with van der Waals surface area (Å²) in [6.45, 7) is 1.80. The molecule has 80 valence electrons. The number of nitrogens with zero attached hydrogens (tertiary/aromatic N) is 1. The van der Waals surface area contributed by atoms with Crippen molar-refractivity contribution in [3.63, 3.8) is 0 Å². The summed E-state index contributed by atoms with van der Waals surface area (Å²) in [6.07, 6.45) is 1.44. The van der Waals surface area contributed by atoms with Gasteiger partial charge in [0, 0.05) is 0 Å². The van der Waals surface area contributed by atoms with E-state index >= 15 is 0 Å². The van der Waals surface area contributed by atoms with Crippen molar-refractivity contribution in [2.45, 2.75) is 6.92 Å². The number of nitrogens with one attached hydrogen (secondary N) is 1. The van der Waals surface area contributed by atoms with Crippen molar-refractivity contribution in [3.05, 3.63) is 34.9 Å². The van der Waals surface area contributed by atoms with E-state index in [0.29, 0.717) is 5.56 Å². The highest BCUT2D eigenvalue weighted by atomic mass is 16.5. The molecule has 0 aliphatic rings. The summed E-state index contributed by atoms with van der Waals surface area (Å²) in [5, 5.41) is 11.7. The van der Waals surface area contributed by atoms with E-state index in [9.17, 15) is 4.79 Å². The van der Waals surface area contributed by atoms with Gasteiger partial charge in [-0.1, -0.05) is 6.07 Å². The number of esters is 1. The number of carbonyl (C=O) groups is 1. The van der Waals surface area contributed by atoms with E-state index in [1.165, 1.54) is 13.3 Å². The van der Waals surface area contributed by atoms with Gasteiger partial charge in [-0.25, -0.2) is 4.79 Å². The Hall–Kier alpha value is -1.88. The number of benzene rings is 1. The van der Waals surface area contributed by atoms with Gasteiger partial charge in [0.25, 0.3) is 0 Å². The zero-order valence-corrected chi connectivity index (χ0v) is 8.52. The van der Waals surface area contributed by atoms with Crippen LogP contribution in [0.1, 0.15) is 21.5 Å². The van der Waals surface area contributed by atoms with Crippen LogP contribution < -0.4 is 5.59 Å². The van der Waals surface area contributed by atoms with Crippen molar-refractivity contribution in [1.29, 1.82) is 0 Å². The summed E-state index contributed by atoms with van der Waals surface area (Å²) in [6, 6.07) is 5.13. The Morgan fingerprint density at radius 1 is 1.60 bits per heavy atom. The van der Waals surface area contributed by atoms with Gasteiger partial charge in [-0.3, -0.25) is 5.21 Å². The maximum atomic E-state index is 11.3.